The highest BCUT2D eigenvalue weighted by Gasteiger charge is 1.99. The lowest BCUT2D eigenvalue weighted by Gasteiger charge is -1.12. The van der Waals surface area contributed by atoms with Crippen molar-refractivity contribution < 1.29 is 0 Å². The first-order chi connectivity index (χ1) is 2.30. The van der Waals surface area contributed by atoms with Gasteiger partial charge in [0.1, 0.15) is 0 Å². The van der Waals surface area contributed by atoms with Crippen LogP contribution in [0.25, 0.3) is 0 Å². The summed E-state index contributed by atoms with van der Waals surface area (Å²) in [5.74, 6) is 0. The molecule has 0 aliphatic rings. The van der Waals surface area contributed by atoms with E-state index >= 15 is 0 Å². The van der Waals surface area contributed by atoms with Gasteiger partial charge >= 0.3 is 0 Å². The van der Waals surface area contributed by atoms with E-state index in [4.69, 9.17) is 0 Å². The van der Waals surface area contributed by atoms with Gasteiger partial charge in [0.15, 0.2) is 0 Å². The summed E-state index contributed by atoms with van der Waals surface area (Å²) in [5.41, 5.74) is 0. The highest BCUT2D eigenvalue weighted by atomic mass is 32.1. The Morgan fingerprint density at radius 3 is 1.33 bits per heavy atom. The van der Waals surface area contributed by atoms with Gasteiger partial charge in [-0.2, -0.15) is 9.90 Å². The molecule has 1 rings (SSSR count). The van der Waals surface area contributed by atoms with Crippen molar-refractivity contribution in [2.75, 3.05) is 0 Å². The first kappa shape index (κ1) is 5.99. The van der Waals surface area contributed by atoms with E-state index < -0.39 is 0 Å². The first-order valence-electron chi connectivity index (χ1n) is 1.07. The lowest BCUT2D eigenvalue weighted by molar-refractivity contribution is 1.91. The molecule has 2 nitrogen and oxygen atoms in total. The number of rotatable bonds is 0. The van der Waals surface area contributed by atoms with Gasteiger partial charge in [0, 0.05) is 0 Å². The molecule has 1 aromatic heterocycles. The zero-order chi connectivity index (χ0) is 3.86. The highest BCUT2D eigenvalue weighted by Crippen LogP contribution is 1.65. The molecule has 6 heavy (non-hydrogen) atoms. The normalized spacial score (nSPS) is 8.00. The quantitative estimate of drug-likeness (QED) is 0.340. The molecule has 1 aromatic rings. The molecule has 0 radical (unpaired) electrons. The average Bonchev–Trinajstić information content (AvgIpc) is 1.79. The van der Waals surface area contributed by atoms with Crippen LogP contribution in [-0.2, 0) is 0 Å². The van der Waals surface area contributed by atoms with Crippen molar-refractivity contribution in [3.05, 3.63) is 19.1 Å². The van der Waals surface area contributed by atoms with Crippen LogP contribution in [0.1, 0.15) is 0 Å². The summed E-state index contributed by atoms with van der Waals surface area (Å²) in [6, 6.07) is 0. The Bertz CT molecular complexity index is 162. The maximum Gasteiger partial charge on any atom is 0.294 e. The van der Waals surface area contributed by atoms with Crippen LogP contribution < -0.4 is 9.48 Å². The van der Waals surface area contributed by atoms with Crippen LogP contribution in [0.5, 0.6) is 0 Å². The van der Waals surface area contributed by atoms with Crippen molar-refractivity contribution in [2.45, 2.75) is 0 Å². The Kier molecular flexibility index (Phi) is 1.62. The van der Waals surface area contributed by atoms with Crippen molar-refractivity contribution in [3.63, 3.8) is 0 Å². The van der Waals surface area contributed by atoms with Gasteiger partial charge in [-0.15, -0.1) is 0 Å². The van der Waals surface area contributed by atoms with Crippen LogP contribution in [-0.4, -0.2) is 0 Å². The Morgan fingerprint density at radius 2 is 1.33 bits per heavy atom. The molecule has 0 saturated heterocycles. The van der Waals surface area contributed by atoms with Crippen LogP contribution in [0.2, 0.25) is 0 Å². The third-order valence-electron chi connectivity index (χ3n) is 0.310. The monoisotopic (exact) mass is 122 g/mol. The lowest BCUT2D eigenvalue weighted by Crippen LogP contribution is -1.88. The summed E-state index contributed by atoms with van der Waals surface area (Å²) < 4.78 is -0.602. The fraction of sp³-hybridized carbons (Fsp3) is 0. The van der Waals surface area contributed by atoms with Crippen molar-refractivity contribution in [1.29, 1.82) is 0 Å². The molecule has 0 aromatic carbocycles. The van der Waals surface area contributed by atoms with E-state index in [-0.39, 0.29) is 19.4 Å². The summed E-state index contributed by atoms with van der Waals surface area (Å²) >= 11 is 0.769. The van der Waals surface area contributed by atoms with E-state index in [2.05, 4.69) is 0 Å². The van der Waals surface area contributed by atoms with Crippen molar-refractivity contribution in [2.24, 2.45) is 0 Å². The second-order valence-corrected chi connectivity index (χ2v) is 1.62. The predicted octanol–water partition coefficient (Wildman–Crippen LogP) is -0.598. The minimum atomic E-state index is -0.301. The SMILES string of the molecule is O=c1sc1=O.P. The summed E-state index contributed by atoms with van der Waals surface area (Å²) in [5, 5.41) is 0. The second-order valence-electron chi connectivity index (χ2n) is 0.677. The van der Waals surface area contributed by atoms with Crippen LogP contribution in [0.4, 0.5) is 0 Å². The molecule has 1 atom stereocenters. The predicted molar refractivity (Wildman–Crippen MR) is 30.3 cm³/mol. The topological polar surface area (TPSA) is 34.1 Å². The minimum absolute atomic E-state index is 0. The molecule has 0 amide bonds. The fourth-order valence-electron chi connectivity index (χ4n) is 0.0587. The maximum atomic E-state index is 9.50. The van der Waals surface area contributed by atoms with Crippen molar-refractivity contribution in [1.82, 2.24) is 0 Å². The largest absolute Gasteiger partial charge is 0.294 e. The number of hydrogen-bond donors (Lipinski definition) is 0. The molecule has 34 valence electrons. The molecule has 0 saturated carbocycles. The van der Waals surface area contributed by atoms with Gasteiger partial charge in [0.25, 0.3) is 9.48 Å². The van der Waals surface area contributed by atoms with Gasteiger partial charge in [-0.25, -0.2) is 0 Å². The maximum absolute atomic E-state index is 9.50. The van der Waals surface area contributed by atoms with E-state index in [0.717, 1.165) is 11.3 Å². The average molecular weight is 122 g/mol. The van der Waals surface area contributed by atoms with Gasteiger partial charge in [-0.05, 0) is 11.3 Å². The van der Waals surface area contributed by atoms with Gasteiger partial charge in [-0.1, -0.05) is 0 Å². The Morgan fingerprint density at radius 1 is 1.17 bits per heavy atom. The molecule has 0 fully saturated rings. The van der Waals surface area contributed by atoms with Gasteiger partial charge in [-0.3, -0.25) is 9.59 Å². The molecule has 4 heteroatoms. The molecule has 0 spiro atoms. The third kappa shape index (κ3) is 0.994. The fourth-order valence-corrected chi connectivity index (χ4v) is 0.176. The molecule has 0 bridgehead atoms. The first-order valence-corrected chi connectivity index (χ1v) is 1.88. The zero-order valence-corrected chi connectivity index (χ0v) is 5.16. The van der Waals surface area contributed by atoms with Crippen LogP contribution in [0.3, 0.4) is 0 Å². The van der Waals surface area contributed by atoms with Crippen LogP contribution in [0, 0.1) is 0 Å². The van der Waals surface area contributed by atoms with E-state index in [0.29, 0.717) is 0 Å². The summed E-state index contributed by atoms with van der Waals surface area (Å²) in [6.45, 7) is 0. The molecule has 0 N–H and O–H groups in total. The van der Waals surface area contributed by atoms with Gasteiger partial charge in [0.2, 0.25) is 0 Å². The molecule has 0 aliphatic heterocycles. The van der Waals surface area contributed by atoms with Crippen molar-refractivity contribution in [3.8, 4) is 0 Å². The second kappa shape index (κ2) is 1.63. The third-order valence-corrected chi connectivity index (χ3v) is 0.848. The van der Waals surface area contributed by atoms with Crippen molar-refractivity contribution >= 4 is 21.2 Å². The Labute approximate surface area is 41.1 Å². The number of hydrogen-bond acceptors (Lipinski definition) is 3. The Balaban J connectivity index is 0.000000250. The summed E-state index contributed by atoms with van der Waals surface area (Å²) in [4.78, 5) is 19.0. The molecular formula is C2H3O2PS. The summed E-state index contributed by atoms with van der Waals surface area (Å²) in [6.07, 6.45) is 0. The van der Waals surface area contributed by atoms with E-state index in [1.165, 1.54) is 0 Å². The molecule has 1 heterocycles. The van der Waals surface area contributed by atoms with Crippen LogP contribution >= 0.6 is 21.2 Å². The Hall–Kier alpha value is -0.0100. The van der Waals surface area contributed by atoms with E-state index in [9.17, 15) is 9.59 Å². The smallest absolute Gasteiger partial charge is 0.272 e. The molecule has 1 unspecified atom stereocenters. The van der Waals surface area contributed by atoms with Gasteiger partial charge < -0.3 is 0 Å². The molecular weight excluding hydrogens is 119 g/mol. The van der Waals surface area contributed by atoms with E-state index in [1.807, 2.05) is 0 Å². The van der Waals surface area contributed by atoms with E-state index in [1.54, 1.807) is 0 Å². The minimum Gasteiger partial charge on any atom is -0.272 e. The standard InChI is InChI=1S/C2O2S.H3P/c3-1-2(4)5-1;/h;1H3. The molecule has 0 aliphatic carbocycles. The lowest BCUT2D eigenvalue weighted by atomic mass is 11.1. The highest BCUT2D eigenvalue weighted by molar-refractivity contribution is 7.13. The van der Waals surface area contributed by atoms with Crippen LogP contribution in [0.15, 0.2) is 9.59 Å². The summed E-state index contributed by atoms with van der Waals surface area (Å²) in [7, 11) is 0. The van der Waals surface area contributed by atoms with Gasteiger partial charge in [0.05, 0.1) is 0 Å². The zero-order valence-electron chi connectivity index (χ0n) is 2.93.